The summed E-state index contributed by atoms with van der Waals surface area (Å²) in [6, 6.07) is 7.57. The van der Waals surface area contributed by atoms with E-state index in [9.17, 15) is 9.59 Å². The number of halogens is 1. The second-order valence-electron chi connectivity index (χ2n) is 7.67. The van der Waals surface area contributed by atoms with Gasteiger partial charge in [-0.15, -0.1) is 12.4 Å². The fourth-order valence-electron chi connectivity index (χ4n) is 3.54. The maximum Gasteiger partial charge on any atom is 0.267 e. The molecular formula is C19H28ClN3O3. The first-order chi connectivity index (χ1) is 11.8. The number of benzene rings is 1. The van der Waals surface area contributed by atoms with E-state index in [-0.39, 0.29) is 35.7 Å². The van der Waals surface area contributed by atoms with E-state index in [1.165, 1.54) is 0 Å². The molecule has 2 unspecified atom stereocenters. The van der Waals surface area contributed by atoms with Gasteiger partial charge in [-0.2, -0.15) is 0 Å². The molecule has 0 bridgehead atoms. The predicted octanol–water partition coefficient (Wildman–Crippen LogP) is 2.20. The Bertz CT molecular complexity index is 680. The molecule has 0 aliphatic carbocycles. The fraction of sp³-hybridized carbons (Fsp3) is 0.579. The summed E-state index contributed by atoms with van der Waals surface area (Å²) in [7, 11) is 0. The number of piperidine rings is 1. The highest BCUT2D eigenvalue weighted by molar-refractivity contribution is 6.00. The molecule has 0 spiro atoms. The van der Waals surface area contributed by atoms with E-state index in [0.29, 0.717) is 31.8 Å². The van der Waals surface area contributed by atoms with Gasteiger partial charge in [0.2, 0.25) is 5.91 Å². The van der Waals surface area contributed by atoms with Crippen molar-refractivity contribution in [1.82, 2.24) is 4.90 Å². The van der Waals surface area contributed by atoms with Gasteiger partial charge in [-0.3, -0.25) is 9.59 Å². The number of nitrogens with two attached hydrogens (primary N) is 1. The SMILES string of the molecule is CC1Oc2ccccc2N(CCC(=O)N2CCC(N)C(C)(C)C2)C1=O.Cl. The molecular weight excluding hydrogens is 354 g/mol. The molecule has 0 aromatic heterocycles. The Kier molecular flexibility index (Phi) is 6.19. The highest BCUT2D eigenvalue weighted by Gasteiger charge is 2.36. The molecule has 7 heteroatoms. The van der Waals surface area contributed by atoms with Gasteiger partial charge in [0.1, 0.15) is 5.75 Å². The van der Waals surface area contributed by atoms with Gasteiger partial charge in [0, 0.05) is 32.1 Å². The van der Waals surface area contributed by atoms with Crippen LogP contribution in [-0.2, 0) is 9.59 Å². The van der Waals surface area contributed by atoms with Gasteiger partial charge in [0.25, 0.3) is 5.91 Å². The summed E-state index contributed by atoms with van der Waals surface area (Å²) in [6.07, 6.45) is 0.588. The van der Waals surface area contributed by atoms with Gasteiger partial charge < -0.3 is 20.3 Å². The van der Waals surface area contributed by atoms with Crippen molar-refractivity contribution in [2.24, 2.45) is 11.1 Å². The molecule has 1 fully saturated rings. The number of likely N-dealkylation sites (tertiary alicyclic amines) is 1. The largest absolute Gasteiger partial charge is 0.479 e. The minimum atomic E-state index is -0.531. The quantitative estimate of drug-likeness (QED) is 0.870. The predicted molar refractivity (Wildman–Crippen MR) is 104 cm³/mol. The number of ether oxygens (including phenoxy) is 1. The van der Waals surface area contributed by atoms with Crippen LogP contribution in [0.15, 0.2) is 24.3 Å². The Morgan fingerprint density at radius 3 is 2.73 bits per heavy atom. The molecule has 2 aliphatic heterocycles. The molecule has 6 nitrogen and oxygen atoms in total. The van der Waals surface area contributed by atoms with E-state index in [2.05, 4.69) is 13.8 Å². The Balaban J connectivity index is 0.00000243. The standard InChI is InChI=1S/C19H27N3O3.ClH/c1-13-18(24)22(14-6-4-5-7-15(14)25-13)11-9-17(23)21-10-8-16(20)19(2,3)12-21;/h4-7,13,16H,8-12,20H2,1-3H3;1H. The van der Waals surface area contributed by atoms with Crippen LogP contribution < -0.4 is 15.4 Å². The molecule has 3 rings (SSSR count). The topological polar surface area (TPSA) is 75.9 Å². The van der Waals surface area contributed by atoms with Crippen LogP contribution in [-0.4, -0.2) is 48.5 Å². The molecule has 1 saturated heterocycles. The number of amides is 2. The van der Waals surface area contributed by atoms with Gasteiger partial charge in [0.05, 0.1) is 5.69 Å². The molecule has 0 radical (unpaired) electrons. The highest BCUT2D eigenvalue weighted by Crippen LogP contribution is 2.34. The van der Waals surface area contributed by atoms with Crippen LogP contribution in [0.2, 0.25) is 0 Å². The lowest BCUT2D eigenvalue weighted by Crippen LogP contribution is -2.54. The zero-order valence-electron chi connectivity index (χ0n) is 15.6. The highest BCUT2D eigenvalue weighted by atomic mass is 35.5. The van der Waals surface area contributed by atoms with Gasteiger partial charge in [-0.05, 0) is 30.9 Å². The minimum Gasteiger partial charge on any atom is -0.479 e. The number of carbonyl (C=O) groups excluding carboxylic acids is 2. The van der Waals surface area contributed by atoms with Crippen LogP contribution in [0.3, 0.4) is 0 Å². The summed E-state index contributed by atoms with van der Waals surface area (Å²) in [4.78, 5) is 28.7. The molecule has 1 aromatic carbocycles. The van der Waals surface area contributed by atoms with Gasteiger partial charge in [0.15, 0.2) is 6.10 Å². The average Bonchev–Trinajstić information content (AvgIpc) is 2.57. The van der Waals surface area contributed by atoms with Crippen molar-refractivity contribution >= 4 is 29.9 Å². The van der Waals surface area contributed by atoms with Gasteiger partial charge in [-0.1, -0.05) is 26.0 Å². The van der Waals surface area contributed by atoms with Crippen LogP contribution in [0.25, 0.3) is 0 Å². The van der Waals surface area contributed by atoms with Crippen molar-refractivity contribution in [1.29, 1.82) is 0 Å². The first-order valence-electron chi connectivity index (χ1n) is 8.90. The van der Waals surface area contributed by atoms with E-state index in [1.54, 1.807) is 11.8 Å². The van der Waals surface area contributed by atoms with Crippen LogP contribution in [0.1, 0.15) is 33.6 Å². The molecule has 2 heterocycles. The summed E-state index contributed by atoms with van der Waals surface area (Å²) in [5.74, 6) is 0.657. The van der Waals surface area contributed by atoms with Crippen LogP contribution in [0.4, 0.5) is 5.69 Å². The van der Waals surface area contributed by atoms with Crippen molar-refractivity contribution in [3.05, 3.63) is 24.3 Å². The number of hydrogen-bond acceptors (Lipinski definition) is 4. The lowest BCUT2D eigenvalue weighted by atomic mass is 9.79. The number of nitrogens with zero attached hydrogens (tertiary/aromatic N) is 2. The third kappa shape index (κ3) is 3.96. The maximum absolute atomic E-state index is 12.7. The first kappa shape index (κ1) is 20.5. The number of rotatable bonds is 3. The van der Waals surface area contributed by atoms with E-state index >= 15 is 0 Å². The minimum absolute atomic E-state index is 0. The molecule has 2 aliphatic rings. The van der Waals surface area contributed by atoms with Crippen LogP contribution in [0.5, 0.6) is 5.75 Å². The third-order valence-electron chi connectivity index (χ3n) is 5.29. The van der Waals surface area contributed by atoms with E-state index in [4.69, 9.17) is 10.5 Å². The third-order valence-corrected chi connectivity index (χ3v) is 5.29. The molecule has 2 amide bonds. The zero-order chi connectivity index (χ0) is 18.2. The lowest BCUT2D eigenvalue weighted by molar-refractivity contribution is -0.134. The molecule has 144 valence electrons. The average molecular weight is 382 g/mol. The second-order valence-corrected chi connectivity index (χ2v) is 7.67. The monoisotopic (exact) mass is 381 g/mol. The number of carbonyl (C=O) groups is 2. The van der Waals surface area contributed by atoms with E-state index in [0.717, 1.165) is 12.1 Å². The molecule has 2 N–H and O–H groups in total. The van der Waals surface area contributed by atoms with Crippen molar-refractivity contribution < 1.29 is 14.3 Å². The molecule has 1 aromatic rings. The van der Waals surface area contributed by atoms with Crippen molar-refractivity contribution in [2.45, 2.75) is 45.8 Å². The van der Waals surface area contributed by atoms with Gasteiger partial charge in [-0.25, -0.2) is 0 Å². The number of anilines is 1. The number of para-hydroxylation sites is 2. The summed E-state index contributed by atoms with van der Waals surface area (Å²) in [6.45, 7) is 7.65. The Morgan fingerprint density at radius 2 is 2.04 bits per heavy atom. The van der Waals surface area contributed by atoms with E-state index < -0.39 is 6.10 Å². The molecule has 2 atom stereocenters. The normalized spacial score (nSPS) is 24.4. The Labute approximate surface area is 161 Å². The van der Waals surface area contributed by atoms with Gasteiger partial charge >= 0.3 is 0 Å². The number of fused-ring (bicyclic) bond motifs is 1. The summed E-state index contributed by atoms with van der Waals surface area (Å²) < 4.78 is 5.64. The maximum atomic E-state index is 12.7. The summed E-state index contributed by atoms with van der Waals surface area (Å²) in [5, 5.41) is 0. The van der Waals surface area contributed by atoms with Crippen LogP contribution >= 0.6 is 12.4 Å². The Morgan fingerprint density at radius 1 is 1.35 bits per heavy atom. The Hall–Kier alpha value is -1.79. The van der Waals surface area contributed by atoms with Crippen molar-refractivity contribution in [3.8, 4) is 5.75 Å². The zero-order valence-corrected chi connectivity index (χ0v) is 16.4. The van der Waals surface area contributed by atoms with E-state index in [1.807, 2.05) is 29.2 Å². The smallest absolute Gasteiger partial charge is 0.267 e. The van der Waals surface area contributed by atoms with Crippen molar-refractivity contribution in [2.75, 3.05) is 24.5 Å². The summed E-state index contributed by atoms with van der Waals surface area (Å²) >= 11 is 0. The fourth-order valence-corrected chi connectivity index (χ4v) is 3.54. The first-order valence-corrected chi connectivity index (χ1v) is 8.90. The molecule has 0 saturated carbocycles. The summed E-state index contributed by atoms with van der Waals surface area (Å²) in [5.41, 5.74) is 6.80. The van der Waals surface area contributed by atoms with Crippen molar-refractivity contribution in [3.63, 3.8) is 0 Å². The second kappa shape index (κ2) is 7.84. The van der Waals surface area contributed by atoms with Crippen LogP contribution in [0, 0.1) is 5.41 Å². The lowest BCUT2D eigenvalue weighted by Gasteiger charge is -2.43. The number of hydrogen-bond donors (Lipinski definition) is 1. The molecule has 26 heavy (non-hydrogen) atoms.